The molecule has 0 fully saturated rings. The lowest BCUT2D eigenvalue weighted by atomic mass is 10.1. The van der Waals surface area contributed by atoms with Crippen molar-refractivity contribution in [2.24, 2.45) is 0 Å². The van der Waals surface area contributed by atoms with E-state index in [1.165, 1.54) is 14.1 Å². The van der Waals surface area contributed by atoms with Gasteiger partial charge >= 0.3 is 10.2 Å². The Balaban J connectivity index is 1.79. The molecule has 0 aliphatic rings. The lowest BCUT2D eigenvalue weighted by Crippen LogP contribution is -2.28. The van der Waals surface area contributed by atoms with E-state index in [9.17, 15) is 8.42 Å². The van der Waals surface area contributed by atoms with Crippen molar-refractivity contribution in [2.45, 2.75) is 6.92 Å². The molecule has 140 valence electrons. The summed E-state index contributed by atoms with van der Waals surface area (Å²) in [4.78, 5) is 8.90. The highest BCUT2D eigenvalue weighted by molar-refractivity contribution is 7.90. The van der Waals surface area contributed by atoms with E-state index in [0.717, 1.165) is 21.2 Å². The van der Waals surface area contributed by atoms with E-state index in [1.807, 2.05) is 43.3 Å². The Kier molecular flexibility index (Phi) is 5.38. The maximum absolute atomic E-state index is 11.9. The maximum Gasteiger partial charge on any atom is 0.301 e. The maximum atomic E-state index is 11.9. The van der Waals surface area contributed by atoms with Gasteiger partial charge in [0.25, 0.3) is 0 Å². The van der Waals surface area contributed by atoms with Crippen LogP contribution in [0.4, 0.5) is 17.2 Å². The molecular weight excluding hydrogens is 362 g/mol. The first-order chi connectivity index (χ1) is 12.8. The van der Waals surface area contributed by atoms with Gasteiger partial charge in [0, 0.05) is 37.1 Å². The van der Waals surface area contributed by atoms with Gasteiger partial charge in [-0.15, -0.1) is 0 Å². The number of hydrogen-bond acceptors (Lipinski definition) is 5. The molecule has 1 heterocycles. The van der Waals surface area contributed by atoms with Crippen molar-refractivity contribution < 1.29 is 8.42 Å². The smallest absolute Gasteiger partial charge is 0.301 e. The molecule has 0 atom stereocenters. The average Bonchev–Trinajstić information content (AvgIpc) is 2.63. The van der Waals surface area contributed by atoms with Gasteiger partial charge in [-0.1, -0.05) is 30.3 Å². The molecule has 0 aliphatic heterocycles. The summed E-state index contributed by atoms with van der Waals surface area (Å²) in [7, 11) is -0.578. The lowest BCUT2D eigenvalue weighted by Gasteiger charge is -2.14. The van der Waals surface area contributed by atoms with Crippen LogP contribution < -0.4 is 10.0 Å². The molecule has 0 radical (unpaired) electrons. The van der Waals surface area contributed by atoms with Gasteiger partial charge < -0.3 is 5.32 Å². The zero-order valence-electron chi connectivity index (χ0n) is 15.3. The summed E-state index contributed by atoms with van der Waals surface area (Å²) in [5, 5.41) is 3.23. The molecule has 2 aromatic carbocycles. The molecule has 7 nitrogen and oxygen atoms in total. The van der Waals surface area contributed by atoms with Crippen LogP contribution in [0.3, 0.4) is 0 Å². The molecule has 1 aromatic heterocycles. The molecule has 27 heavy (non-hydrogen) atoms. The summed E-state index contributed by atoms with van der Waals surface area (Å²) in [5.74, 6) is 1.33. The van der Waals surface area contributed by atoms with Crippen molar-refractivity contribution in [1.29, 1.82) is 0 Å². The van der Waals surface area contributed by atoms with E-state index in [0.29, 0.717) is 17.3 Å². The van der Waals surface area contributed by atoms with Crippen LogP contribution >= 0.6 is 0 Å². The SMILES string of the molecule is Cc1nc(Nc2ccc(NS(=O)(=O)N(C)C)cc2)cc(-c2ccccc2)n1. The number of nitrogens with zero attached hydrogens (tertiary/aromatic N) is 3. The van der Waals surface area contributed by atoms with Crippen molar-refractivity contribution in [2.75, 3.05) is 24.1 Å². The highest BCUT2D eigenvalue weighted by atomic mass is 32.2. The number of anilines is 3. The Morgan fingerprint density at radius 2 is 1.52 bits per heavy atom. The first kappa shape index (κ1) is 18.8. The number of benzene rings is 2. The highest BCUT2D eigenvalue weighted by Gasteiger charge is 2.12. The van der Waals surface area contributed by atoms with Crippen molar-refractivity contribution in [3.05, 3.63) is 66.5 Å². The normalized spacial score (nSPS) is 11.4. The molecule has 0 amide bonds. The molecule has 0 aliphatic carbocycles. The number of hydrogen-bond donors (Lipinski definition) is 2. The largest absolute Gasteiger partial charge is 0.340 e. The minimum Gasteiger partial charge on any atom is -0.340 e. The van der Waals surface area contributed by atoms with Crippen LogP contribution in [0.1, 0.15) is 5.82 Å². The van der Waals surface area contributed by atoms with Crippen LogP contribution in [0, 0.1) is 6.92 Å². The molecule has 0 bridgehead atoms. The van der Waals surface area contributed by atoms with Gasteiger partial charge in [0.15, 0.2) is 0 Å². The van der Waals surface area contributed by atoms with Crippen molar-refractivity contribution in [3.8, 4) is 11.3 Å². The Morgan fingerprint density at radius 1 is 0.889 bits per heavy atom. The number of rotatable bonds is 6. The fourth-order valence-electron chi connectivity index (χ4n) is 2.40. The van der Waals surface area contributed by atoms with Crippen LogP contribution in [-0.4, -0.2) is 36.8 Å². The van der Waals surface area contributed by atoms with E-state index in [2.05, 4.69) is 20.0 Å². The van der Waals surface area contributed by atoms with Gasteiger partial charge in [-0.25, -0.2) is 9.97 Å². The predicted molar refractivity (Wildman–Crippen MR) is 108 cm³/mol. The van der Waals surface area contributed by atoms with Crippen LogP contribution in [0.15, 0.2) is 60.7 Å². The second kappa shape index (κ2) is 7.73. The standard InChI is InChI=1S/C19H21N5O2S/c1-14-20-18(15-7-5-4-6-8-15)13-19(21-14)22-16-9-11-17(12-10-16)23-27(25,26)24(2)3/h4-13,23H,1-3H3,(H,20,21,22). The lowest BCUT2D eigenvalue weighted by molar-refractivity contribution is 0.527. The van der Waals surface area contributed by atoms with Gasteiger partial charge in [0.2, 0.25) is 0 Å². The zero-order valence-corrected chi connectivity index (χ0v) is 16.2. The Morgan fingerprint density at radius 3 is 2.15 bits per heavy atom. The van der Waals surface area contributed by atoms with Gasteiger partial charge in [0.05, 0.1) is 5.69 Å². The molecule has 3 rings (SSSR count). The first-order valence-electron chi connectivity index (χ1n) is 8.32. The van der Waals surface area contributed by atoms with E-state index in [4.69, 9.17) is 0 Å². The zero-order chi connectivity index (χ0) is 19.4. The van der Waals surface area contributed by atoms with Crippen LogP contribution in [0.2, 0.25) is 0 Å². The van der Waals surface area contributed by atoms with Gasteiger partial charge in [-0.3, -0.25) is 4.72 Å². The summed E-state index contributed by atoms with van der Waals surface area (Å²) in [6.45, 7) is 1.84. The van der Waals surface area contributed by atoms with E-state index in [-0.39, 0.29) is 0 Å². The Hall–Kier alpha value is -2.97. The third-order valence-corrected chi connectivity index (χ3v) is 5.25. The monoisotopic (exact) mass is 383 g/mol. The van der Waals surface area contributed by atoms with Crippen LogP contribution in [0.25, 0.3) is 11.3 Å². The molecule has 0 unspecified atom stereocenters. The van der Waals surface area contributed by atoms with Crippen LogP contribution in [-0.2, 0) is 10.2 Å². The third kappa shape index (κ3) is 4.81. The quantitative estimate of drug-likeness (QED) is 0.681. The number of nitrogens with one attached hydrogen (secondary N) is 2. The molecule has 3 aromatic rings. The van der Waals surface area contributed by atoms with Crippen molar-refractivity contribution in [1.82, 2.24) is 14.3 Å². The number of aromatic nitrogens is 2. The predicted octanol–water partition coefficient (Wildman–Crippen LogP) is 3.41. The summed E-state index contributed by atoms with van der Waals surface area (Å²) < 4.78 is 27.3. The number of aryl methyl sites for hydroxylation is 1. The topological polar surface area (TPSA) is 87.2 Å². The molecule has 8 heteroatoms. The Labute approximate surface area is 159 Å². The fraction of sp³-hybridized carbons (Fsp3) is 0.158. The second-order valence-corrected chi connectivity index (χ2v) is 8.03. The molecule has 0 saturated carbocycles. The van der Waals surface area contributed by atoms with Crippen LogP contribution in [0.5, 0.6) is 0 Å². The van der Waals surface area contributed by atoms with Gasteiger partial charge in [-0.2, -0.15) is 12.7 Å². The highest BCUT2D eigenvalue weighted by Crippen LogP contribution is 2.23. The van der Waals surface area contributed by atoms with Crippen molar-refractivity contribution in [3.63, 3.8) is 0 Å². The Bertz CT molecular complexity index is 1020. The summed E-state index contributed by atoms with van der Waals surface area (Å²) in [5.41, 5.74) is 3.12. The van der Waals surface area contributed by atoms with Gasteiger partial charge in [-0.05, 0) is 31.2 Å². The van der Waals surface area contributed by atoms with E-state index < -0.39 is 10.2 Å². The summed E-state index contributed by atoms with van der Waals surface area (Å²) in [6, 6.07) is 18.7. The minimum absolute atomic E-state index is 0.484. The van der Waals surface area contributed by atoms with Gasteiger partial charge in [0.1, 0.15) is 11.6 Å². The third-order valence-electron chi connectivity index (χ3n) is 3.79. The second-order valence-electron chi connectivity index (χ2n) is 6.14. The fourth-order valence-corrected chi connectivity index (χ4v) is 3.01. The first-order valence-corrected chi connectivity index (χ1v) is 9.76. The molecule has 0 saturated heterocycles. The molecule has 2 N–H and O–H groups in total. The summed E-state index contributed by atoms with van der Waals surface area (Å²) in [6.07, 6.45) is 0. The van der Waals surface area contributed by atoms with E-state index >= 15 is 0 Å². The van der Waals surface area contributed by atoms with Crippen molar-refractivity contribution >= 4 is 27.4 Å². The average molecular weight is 383 g/mol. The minimum atomic E-state index is -3.52. The van der Waals surface area contributed by atoms with E-state index in [1.54, 1.807) is 24.3 Å². The molecular formula is C19H21N5O2S. The summed E-state index contributed by atoms with van der Waals surface area (Å²) >= 11 is 0. The molecule has 0 spiro atoms.